The molecular weight excluding hydrogens is 284 g/mol. The number of anilines is 1. The normalized spacial score (nSPS) is 10.5. The van der Waals surface area contributed by atoms with E-state index in [4.69, 9.17) is 13.6 Å². The van der Waals surface area contributed by atoms with E-state index in [0.29, 0.717) is 23.0 Å². The zero-order valence-electron chi connectivity index (χ0n) is 12.1. The lowest BCUT2D eigenvalue weighted by Crippen LogP contribution is -2.12. The minimum atomic E-state index is -0.308. The summed E-state index contributed by atoms with van der Waals surface area (Å²) in [5, 5.41) is 2.77. The second kappa shape index (κ2) is 5.77. The molecule has 0 bridgehead atoms. The molecule has 0 spiro atoms. The Morgan fingerprint density at radius 3 is 2.77 bits per heavy atom. The van der Waals surface area contributed by atoms with Crippen LogP contribution in [0.4, 0.5) is 5.69 Å². The van der Waals surface area contributed by atoms with Gasteiger partial charge < -0.3 is 18.9 Å². The minimum absolute atomic E-state index is 0.290. The predicted molar refractivity (Wildman–Crippen MR) is 79.9 cm³/mol. The first kappa shape index (κ1) is 13.9. The lowest BCUT2D eigenvalue weighted by molar-refractivity contribution is 0.0996. The van der Waals surface area contributed by atoms with Gasteiger partial charge in [-0.25, -0.2) is 4.98 Å². The van der Waals surface area contributed by atoms with E-state index in [1.165, 1.54) is 12.7 Å². The lowest BCUT2D eigenvalue weighted by Gasteiger charge is -2.09. The van der Waals surface area contributed by atoms with Gasteiger partial charge in [-0.2, -0.15) is 0 Å². The number of nitrogens with one attached hydrogen (secondary N) is 1. The summed E-state index contributed by atoms with van der Waals surface area (Å²) >= 11 is 0. The molecule has 1 amide bonds. The molecule has 3 aromatic rings. The lowest BCUT2D eigenvalue weighted by atomic mass is 10.1. The summed E-state index contributed by atoms with van der Waals surface area (Å²) in [6.07, 6.45) is 4.43. The molecule has 2 aromatic heterocycles. The maximum atomic E-state index is 12.1. The second-order valence-corrected chi connectivity index (χ2v) is 4.67. The highest BCUT2D eigenvalue weighted by Crippen LogP contribution is 2.32. The first-order valence-electron chi connectivity index (χ1n) is 6.61. The van der Waals surface area contributed by atoms with Gasteiger partial charge in [0.15, 0.2) is 17.9 Å². The number of methoxy groups -OCH3 is 1. The molecule has 6 nitrogen and oxygen atoms in total. The summed E-state index contributed by atoms with van der Waals surface area (Å²) < 4.78 is 15.8. The summed E-state index contributed by atoms with van der Waals surface area (Å²) in [7, 11) is 1.55. The summed E-state index contributed by atoms with van der Waals surface area (Å²) in [6, 6.07) is 7.01. The molecule has 0 aliphatic rings. The number of rotatable bonds is 4. The van der Waals surface area contributed by atoms with Crippen molar-refractivity contribution >= 4 is 11.6 Å². The maximum Gasteiger partial charge on any atom is 0.291 e. The van der Waals surface area contributed by atoms with E-state index >= 15 is 0 Å². The number of oxazole rings is 1. The molecule has 0 aliphatic carbocycles. The molecular formula is C16H14N2O4. The van der Waals surface area contributed by atoms with Gasteiger partial charge in [0.2, 0.25) is 0 Å². The highest BCUT2D eigenvalue weighted by atomic mass is 16.5. The van der Waals surface area contributed by atoms with Crippen LogP contribution in [0, 0.1) is 6.92 Å². The van der Waals surface area contributed by atoms with Crippen LogP contribution in [0.5, 0.6) is 5.75 Å². The van der Waals surface area contributed by atoms with Gasteiger partial charge in [-0.05, 0) is 25.1 Å². The van der Waals surface area contributed by atoms with E-state index in [-0.39, 0.29) is 5.91 Å². The number of aryl methyl sites for hydroxylation is 1. The van der Waals surface area contributed by atoms with Crippen molar-refractivity contribution in [2.45, 2.75) is 6.92 Å². The maximum absolute atomic E-state index is 12.1. The smallest absolute Gasteiger partial charge is 0.291 e. The monoisotopic (exact) mass is 298 g/mol. The van der Waals surface area contributed by atoms with Crippen LogP contribution in [0.1, 0.15) is 16.1 Å². The van der Waals surface area contributed by atoms with Gasteiger partial charge in [0, 0.05) is 17.3 Å². The summed E-state index contributed by atoms with van der Waals surface area (Å²) in [4.78, 5) is 16.0. The molecule has 1 N–H and O–H groups in total. The van der Waals surface area contributed by atoms with Crippen LogP contribution in [0.25, 0.3) is 11.3 Å². The molecule has 1 aromatic carbocycles. The fraction of sp³-hybridized carbons (Fsp3) is 0.125. The average molecular weight is 298 g/mol. The first-order chi connectivity index (χ1) is 10.7. The zero-order chi connectivity index (χ0) is 15.5. The molecule has 0 saturated carbocycles. The zero-order valence-corrected chi connectivity index (χ0v) is 12.1. The Bertz CT molecular complexity index is 790. The van der Waals surface area contributed by atoms with Gasteiger partial charge in [0.1, 0.15) is 5.75 Å². The van der Waals surface area contributed by atoms with Crippen molar-refractivity contribution in [1.82, 2.24) is 4.98 Å². The van der Waals surface area contributed by atoms with Crippen LogP contribution in [0.2, 0.25) is 0 Å². The molecule has 0 atom stereocenters. The van der Waals surface area contributed by atoms with E-state index in [1.54, 1.807) is 37.6 Å². The van der Waals surface area contributed by atoms with Gasteiger partial charge >= 0.3 is 0 Å². The predicted octanol–water partition coefficient (Wildman–Crippen LogP) is 3.50. The largest absolute Gasteiger partial charge is 0.496 e. The van der Waals surface area contributed by atoms with E-state index in [9.17, 15) is 4.79 Å². The Hall–Kier alpha value is -3.02. The van der Waals surface area contributed by atoms with Crippen molar-refractivity contribution in [3.8, 4) is 17.1 Å². The van der Waals surface area contributed by atoms with Crippen molar-refractivity contribution in [2.24, 2.45) is 0 Å². The Balaban J connectivity index is 1.87. The van der Waals surface area contributed by atoms with Gasteiger partial charge in [0.25, 0.3) is 5.91 Å². The molecule has 2 heterocycles. The third-order valence-electron chi connectivity index (χ3n) is 3.23. The fourth-order valence-corrected chi connectivity index (χ4v) is 2.11. The summed E-state index contributed by atoms with van der Waals surface area (Å²) in [6.45, 7) is 1.81. The van der Waals surface area contributed by atoms with E-state index in [2.05, 4.69) is 10.3 Å². The number of ether oxygens (including phenoxy) is 1. The average Bonchev–Trinajstić information content (AvgIpc) is 3.18. The SMILES string of the molecule is COc1cc(NC(=O)c2occc2C)ccc1-c1cnco1. The van der Waals surface area contributed by atoms with Crippen molar-refractivity contribution in [1.29, 1.82) is 0 Å². The molecule has 112 valence electrons. The minimum Gasteiger partial charge on any atom is -0.496 e. The number of hydrogen-bond acceptors (Lipinski definition) is 5. The van der Waals surface area contributed by atoms with E-state index in [0.717, 1.165) is 11.1 Å². The Morgan fingerprint density at radius 1 is 1.27 bits per heavy atom. The Morgan fingerprint density at radius 2 is 2.14 bits per heavy atom. The Labute approximate surface area is 126 Å². The van der Waals surface area contributed by atoms with E-state index in [1.807, 2.05) is 6.92 Å². The van der Waals surface area contributed by atoms with Gasteiger partial charge in [-0.15, -0.1) is 0 Å². The number of amides is 1. The number of carbonyl (C=O) groups excluding carboxylic acids is 1. The van der Waals surface area contributed by atoms with Crippen molar-refractivity contribution in [2.75, 3.05) is 12.4 Å². The van der Waals surface area contributed by atoms with Gasteiger partial charge in [-0.1, -0.05) is 0 Å². The number of benzene rings is 1. The quantitative estimate of drug-likeness (QED) is 0.797. The molecule has 0 aliphatic heterocycles. The number of carbonyl (C=O) groups is 1. The summed E-state index contributed by atoms with van der Waals surface area (Å²) in [5.74, 6) is 1.15. The molecule has 6 heteroatoms. The van der Waals surface area contributed by atoms with E-state index < -0.39 is 0 Å². The van der Waals surface area contributed by atoms with Crippen LogP contribution < -0.4 is 10.1 Å². The van der Waals surface area contributed by atoms with Gasteiger partial charge in [0.05, 0.1) is 25.1 Å². The third kappa shape index (κ3) is 2.58. The van der Waals surface area contributed by atoms with Gasteiger partial charge in [-0.3, -0.25) is 4.79 Å². The fourth-order valence-electron chi connectivity index (χ4n) is 2.11. The van der Waals surface area contributed by atoms with Crippen LogP contribution in [-0.4, -0.2) is 18.0 Å². The molecule has 0 fully saturated rings. The van der Waals surface area contributed by atoms with Crippen LogP contribution in [0.3, 0.4) is 0 Å². The van der Waals surface area contributed by atoms with Crippen molar-refractivity contribution in [3.05, 3.63) is 54.4 Å². The second-order valence-electron chi connectivity index (χ2n) is 4.67. The van der Waals surface area contributed by atoms with Crippen molar-refractivity contribution < 1.29 is 18.4 Å². The van der Waals surface area contributed by atoms with Crippen LogP contribution in [-0.2, 0) is 0 Å². The molecule has 0 radical (unpaired) electrons. The summed E-state index contributed by atoms with van der Waals surface area (Å²) in [5.41, 5.74) is 2.14. The highest BCUT2D eigenvalue weighted by molar-refractivity contribution is 6.03. The number of aromatic nitrogens is 1. The standard InChI is InChI=1S/C16H14N2O4/c1-10-5-6-21-15(10)16(19)18-11-3-4-12(13(7-11)20-2)14-8-17-9-22-14/h3-9H,1-2H3,(H,18,19). The highest BCUT2D eigenvalue weighted by Gasteiger charge is 2.15. The van der Waals surface area contributed by atoms with Crippen LogP contribution >= 0.6 is 0 Å². The molecule has 0 saturated heterocycles. The topological polar surface area (TPSA) is 77.5 Å². The third-order valence-corrected chi connectivity index (χ3v) is 3.23. The number of nitrogens with zero attached hydrogens (tertiary/aromatic N) is 1. The number of furan rings is 1. The Kier molecular flexibility index (Phi) is 3.65. The molecule has 3 rings (SSSR count). The first-order valence-corrected chi connectivity index (χ1v) is 6.61. The van der Waals surface area contributed by atoms with Crippen LogP contribution in [0.15, 0.2) is 52.0 Å². The number of hydrogen-bond donors (Lipinski definition) is 1. The molecule has 0 unspecified atom stereocenters. The van der Waals surface area contributed by atoms with Crippen molar-refractivity contribution in [3.63, 3.8) is 0 Å². The molecule has 22 heavy (non-hydrogen) atoms.